The van der Waals surface area contributed by atoms with E-state index in [-0.39, 0.29) is 5.91 Å². The molecule has 2 aromatic carbocycles. The second-order valence-corrected chi connectivity index (χ2v) is 8.66. The van der Waals surface area contributed by atoms with Crippen LogP contribution in [-0.2, 0) is 4.79 Å². The predicted molar refractivity (Wildman–Crippen MR) is 121 cm³/mol. The van der Waals surface area contributed by atoms with Crippen LogP contribution in [0.15, 0.2) is 85.2 Å². The van der Waals surface area contributed by atoms with Crippen LogP contribution >= 0.6 is 23.5 Å². The van der Waals surface area contributed by atoms with Crippen molar-refractivity contribution in [1.82, 2.24) is 15.3 Å². The number of hydrogen-bond donors (Lipinski definition) is 2. The number of aryl methyl sites for hydroxylation is 1. The Bertz CT molecular complexity index is 1290. The first-order valence-electron chi connectivity index (χ1n) is 9.21. The van der Waals surface area contributed by atoms with Crippen LogP contribution in [0.3, 0.4) is 0 Å². The molecular weight excluding hydrogens is 416 g/mol. The number of amidine groups is 1. The summed E-state index contributed by atoms with van der Waals surface area (Å²) < 4.78 is 5.86. The molecule has 30 heavy (non-hydrogen) atoms. The smallest absolute Gasteiger partial charge is 0.264 e. The van der Waals surface area contributed by atoms with E-state index in [9.17, 15) is 4.79 Å². The van der Waals surface area contributed by atoms with Gasteiger partial charge in [-0.25, -0.2) is 9.98 Å². The molecule has 0 radical (unpaired) electrons. The van der Waals surface area contributed by atoms with Crippen LogP contribution < -0.4 is 5.32 Å². The Morgan fingerprint density at radius 1 is 1.13 bits per heavy atom. The van der Waals surface area contributed by atoms with Gasteiger partial charge in [-0.2, -0.15) is 0 Å². The minimum Gasteiger partial charge on any atom is -0.450 e. The van der Waals surface area contributed by atoms with Crippen LogP contribution in [-0.4, -0.2) is 21.0 Å². The SMILES string of the molecule is Cc1cccc(N=C2NC(=O)/C(=C\c3ccc(Sc4nc5ccccc5[nH]4)o3)S2)c1. The summed E-state index contributed by atoms with van der Waals surface area (Å²) >= 11 is 2.70. The predicted octanol–water partition coefficient (Wildman–Crippen LogP) is 5.51. The first-order chi connectivity index (χ1) is 14.6. The van der Waals surface area contributed by atoms with Crippen molar-refractivity contribution in [2.24, 2.45) is 4.99 Å². The van der Waals surface area contributed by atoms with Crippen LogP contribution in [0.1, 0.15) is 11.3 Å². The largest absolute Gasteiger partial charge is 0.450 e. The highest BCUT2D eigenvalue weighted by Gasteiger charge is 2.24. The summed E-state index contributed by atoms with van der Waals surface area (Å²) in [5.41, 5.74) is 3.82. The Morgan fingerprint density at radius 2 is 2.03 bits per heavy atom. The first-order valence-corrected chi connectivity index (χ1v) is 10.8. The summed E-state index contributed by atoms with van der Waals surface area (Å²) in [4.78, 5) is 25.1. The number of para-hydroxylation sites is 2. The van der Waals surface area contributed by atoms with Gasteiger partial charge in [0.2, 0.25) is 0 Å². The number of aliphatic imine (C=N–C) groups is 1. The number of aromatic amines is 1. The fraction of sp³-hybridized carbons (Fsp3) is 0.0455. The fourth-order valence-electron chi connectivity index (χ4n) is 2.96. The minimum atomic E-state index is -0.186. The molecule has 8 heteroatoms. The number of aromatic nitrogens is 2. The number of benzene rings is 2. The van der Waals surface area contributed by atoms with E-state index in [1.807, 2.05) is 67.6 Å². The van der Waals surface area contributed by atoms with Gasteiger partial charge in [0.15, 0.2) is 15.4 Å². The topological polar surface area (TPSA) is 83.3 Å². The highest BCUT2D eigenvalue weighted by molar-refractivity contribution is 8.18. The summed E-state index contributed by atoms with van der Waals surface area (Å²) in [6.07, 6.45) is 1.72. The first kappa shape index (κ1) is 18.8. The monoisotopic (exact) mass is 432 g/mol. The number of nitrogens with zero attached hydrogens (tertiary/aromatic N) is 2. The molecule has 1 saturated heterocycles. The molecule has 0 aliphatic carbocycles. The molecule has 1 aliphatic rings. The third kappa shape index (κ3) is 4.05. The summed E-state index contributed by atoms with van der Waals surface area (Å²) in [5.74, 6) is 0.414. The van der Waals surface area contributed by atoms with Crippen molar-refractivity contribution in [3.8, 4) is 0 Å². The number of hydrogen-bond acceptors (Lipinski definition) is 6. The van der Waals surface area contributed by atoms with Gasteiger partial charge in [-0.05, 0) is 72.4 Å². The molecule has 2 N–H and O–H groups in total. The molecule has 1 fully saturated rings. The third-order valence-electron chi connectivity index (χ3n) is 4.32. The lowest BCUT2D eigenvalue weighted by molar-refractivity contribution is -0.115. The van der Waals surface area contributed by atoms with Crippen molar-refractivity contribution in [1.29, 1.82) is 0 Å². The van der Waals surface area contributed by atoms with E-state index in [4.69, 9.17) is 4.42 Å². The van der Waals surface area contributed by atoms with Gasteiger partial charge in [-0.3, -0.25) is 4.79 Å². The van der Waals surface area contributed by atoms with Crippen molar-refractivity contribution < 1.29 is 9.21 Å². The Hall–Kier alpha value is -3.23. The molecule has 0 atom stereocenters. The maximum absolute atomic E-state index is 12.3. The lowest BCUT2D eigenvalue weighted by Gasteiger charge is -1.97. The highest BCUT2D eigenvalue weighted by atomic mass is 32.2. The molecule has 4 aromatic rings. The van der Waals surface area contributed by atoms with E-state index in [1.54, 1.807) is 6.08 Å². The lowest BCUT2D eigenvalue weighted by Crippen LogP contribution is -2.19. The summed E-state index contributed by atoms with van der Waals surface area (Å²) in [6, 6.07) is 19.4. The van der Waals surface area contributed by atoms with Gasteiger partial charge in [0, 0.05) is 6.08 Å². The summed E-state index contributed by atoms with van der Waals surface area (Å²) in [5, 5.41) is 4.80. The van der Waals surface area contributed by atoms with Crippen LogP contribution in [0.2, 0.25) is 0 Å². The van der Waals surface area contributed by atoms with E-state index in [0.717, 1.165) is 27.4 Å². The van der Waals surface area contributed by atoms with Crippen LogP contribution in [0.4, 0.5) is 5.69 Å². The molecule has 1 amide bonds. The highest BCUT2D eigenvalue weighted by Crippen LogP contribution is 2.32. The number of amides is 1. The second-order valence-electron chi connectivity index (χ2n) is 6.64. The minimum absolute atomic E-state index is 0.186. The van der Waals surface area contributed by atoms with Gasteiger partial charge in [0.05, 0.1) is 21.6 Å². The Kier molecular flexibility index (Phi) is 4.94. The van der Waals surface area contributed by atoms with Crippen molar-refractivity contribution in [2.75, 3.05) is 0 Å². The maximum atomic E-state index is 12.3. The molecule has 3 heterocycles. The van der Waals surface area contributed by atoms with E-state index in [0.29, 0.717) is 20.9 Å². The third-order valence-corrected chi connectivity index (χ3v) is 6.04. The van der Waals surface area contributed by atoms with Gasteiger partial charge in [0.25, 0.3) is 5.91 Å². The maximum Gasteiger partial charge on any atom is 0.264 e. The molecule has 0 spiro atoms. The average Bonchev–Trinajstić information content (AvgIpc) is 3.41. The van der Waals surface area contributed by atoms with Crippen LogP contribution in [0.5, 0.6) is 0 Å². The number of imidazole rings is 1. The molecule has 0 bridgehead atoms. The van der Waals surface area contributed by atoms with Crippen molar-refractivity contribution in [2.45, 2.75) is 17.2 Å². The number of nitrogens with one attached hydrogen (secondary N) is 2. The van der Waals surface area contributed by atoms with E-state index < -0.39 is 0 Å². The zero-order valence-electron chi connectivity index (χ0n) is 15.9. The summed E-state index contributed by atoms with van der Waals surface area (Å²) in [6.45, 7) is 2.01. The number of carbonyl (C=O) groups is 1. The van der Waals surface area contributed by atoms with Gasteiger partial charge >= 0.3 is 0 Å². The molecule has 2 aromatic heterocycles. The van der Waals surface area contributed by atoms with E-state index in [2.05, 4.69) is 20.3 Å². The van der Waals surface area contributed by atoms with Gasteiger partial charge < -0.3 is 14.7 Å². The van der Waals surface area contributed by atoms with Crippen molar-refractivity contribution >= 4 is 57.4 Å². The average molecular weight is 433 g/mol. The number of furan rings is 1. The molecule has 6 nitrogen and oxygen atoms in total. The lowest BCUT2D eigenvalue weighted by atomic mass is 10.2. The number of rotatable bonds is 4. The van der Waals surface area contributed by atoms with Crippen molar-refractivity contribution in [3.05, 3.63) is 76.9 Å². The standard InChI is InChI=1S/C22H16N4O2S2/c1-13-5-4-6-14(11-13)23-21-26-20(27)18(29-21)12-15-9-10-19(28-15)30-22-24-16-7-2-3-8-17(16)25-22/h2-12H,1H3,(H,24,25)(H,23,26,27)/b18-12+. The Morgan fingerprint density at radius 3 is 2.90 bits per heavy atom. The van der Waals surface area contributed by atoms with Crippen LogP contribution in [0, 0.1) is 6.92 Å². The molecular formula is C22H16N4O2S2. The van der Waals surface area contributed by atoms with Gasteiger partial charge in [0.1, 0.15) is 5.76 Å². The molecule has 1 aliphatic heterocycles. The zero-order chi connectivity index (χ0) is 20.5. The van der Waals surface area contributed by atoms with E-state index >= 15 is 0 Å². The number of H-pyrrole nitrogens is 1. The second kappa shape index (κ2) is 7.89. The fourth-order valence-corrected chi connectivity index (χ4v) is 4.56. The Balaban J connectivity index is 1.31. The normalized spacial score (nSPS) is 16.6. The zero-order valence-corrected chi connectivity index (χ0v) is 17.5. The number of fused-ring (bicyclic) bond motifs is 1. The molecule has 0 unspecified atom stereocenters. The van der Waals surface area contributed by atoms with Gasteiger partial charge in [-0.1, -0.05) is 24.3 Å². The summed E-state index contributed by atoms with van der Waals surface area (Å²) in [7, 11) is 0. The van der Waals surface area contributed by atoms with Gasteiger partial charge in [-0.15, -0.1) is 0 Å². The number of thioether (sulfide) groups is 1. The van der Waals surface area contributed by atoms with Crippen molar-refractivity contribution in [3.63, 3.8) is 0 Å². The molecule has 0 saturated carbocycles. The van der Waals surface area contributed by atoms with E-state index in [1.165, 1.54) is 23.5 Å². The van der Waals surface area contributed by atoms with Crippen LogP contribution in [0.25, 0.3) is 17.1 Å². The molecule has 148 valence electrons. The molecule has 5 rings (SSSR count). The quantitative estimate of drug-likeness (QED) is 0.416. The Labute approximate surface area is 180 Å². The number of carbonyl (C=O) groups excluding carboxylic acids is 1.